The molecule has 11 heteroatoms. The van der Waals surface area contributed by atoms with E-state index in [1.165, 1.54) is 6.07 Å². The molecule has 0 amide bonds. The van der Waals surface area contributed by atoms with Crippen LogP contribution in [0, 0.1) is 11.2 Å². The molecule has 4 aliphatic carbocycles. The number of aromatic nitrogens is 2. The second-order valence-corrected chi connectivity index (χ2v) is 12.7. The van der Waals surface area contributed by atoms with Gasteiger partial charge >= 0.3 is 5.97 Å². The number of allylic oxidation sites excluding steroid dienone is 2. The van der Waals surface area contributed by atoms with Crippen LogP contribution in [0.3, 0.4) is 0 Å². The number of hydrogen-bond acceptors (Lipinski definition) is 7. The van der Waals surface area contributed by atoms with E-state index in [1.807, 2.05) is 0 Å². The SMILES string of the molecule is O=C(O)c1cc(F)c2nc(C(O)C34CCC(OCc5c(-c6c(Cl)cccc6Cl)noc5C5CC5)=C(C3)C4)sc2c1. The second-order valence-electron chi connectivity index (χ2n) is 10.8. The van der Waals surface area contributed by atoms with Crippen LogP contribution >= 0.6 is 34.5 Å². The molecule has 2 aromatic carbocycles. The number of carbonyl (C=O) groups is 1. The summed E-state index contributed by atoms with van der Waals surface area (Å²) < 4.78 is 27.0. The first-order valence-electron chi connectivity index (χ1n) is 13.0. The molecule has 206 valence electrons. The van der Waals surface area contributed by atoms with Crippen LogP contribution < -0.4 is 0 Å². The lowest BCUT2D eigenvalue weighted by molar-refractivity contribution is -0.0340. The van der Waals surface area contributed by atoms with Crippen molar-refractivity contribution in [3.63, 3.8) is 0 Å². The van der Waals surface area contributed by atoms with Crippen molar-refractivity contribution in [2.24, 2.45) is 5.41 Å². The number of benzene rings is 2. The maximum absolute atomic E-state index is 14.5. The van der Waals surface area contributed by atoms with E-state index in [0.29, 0.717) is 62.6 Å². The molecule has 2 bridgehead atoms. The Morgan fingerprint density at radius 3 is 2.65 bits per heavy atom. The van der Waals surface area contributed by atoms with Crippen LogP contribution in [0.2, 0.25) is 10.0 Å². The molecular weight excluding hydrogens is 578 g/mol. The van der Waals surface area contributed by atoms with Crippen molar-refractivity contribution in [1.82, 2.24) is 10.1 Å². The molecular formula is C29H23Cl2FN2O5S. The fraction of sp³-hybridized carbons (Fsp3) is 0.345. The first kappa shape index (κ1) is 26.0. The quantitative estimate of drug-likeness (QED) is 0.211. The van der Waals surface area contributed by atoms with Gasteiger partial charge in [0.2, 0.25) is 0 Å². The van der Waals surface area contributed by atoms with Crippen LogP contribution in [0.15, 0.2) is 46.2 Å². The second kappa shape index (κ2) is 9.55. The van der Waals surface area contributed by atoms with Crippen LogP contribution in [-0.4, -0.2) is 26.3 Å². The average molecular weight is 601 g/mol. The van der Waals surface area contributed by atoms with Gasteiger partial charge < -0.3 is 19.5 Å². The third kappa shape index (κ3) is 4.22. The zero-order valence-electron chi connectivity index (χ0n) is 21.0. The molecule has 7 nitrogen and oxygen atoms in total. The number of nitrogens with zero attached hydrogens (tertiary/aromatic N) is 2. The third-order valence-electron chi connectivity index (χ3n) is 8.26. The molecule has 0 radical (unpaired) electrons. The van der Waals surface area contributed by atoms with Crippen LogP contribution in [-0.2, 0) is 11.3 Å². The zero-order valence-corrected chi connectivity index (χ0v) is 23.4. The highest BCUT2D eigenvalue weighted by Gasteiger charge is 2.52. The molecule has 4 aromatic rings. The van der Waals surface area contributed by atoms with Gasteiger partial charge in [0.1, 0.15) is 34.7 Å². The Labute approximate surface area is 242 Å². The van der Waals surface area contributed by atoms with E-state index in [4.69, 9.17) is 32.5 Å². The molecule has 2 fully saturated rings. The van der Waals surface area contributed by atoms with Gasteiger partial charge in [0, 0.05) is 23.3 Å². The number of ether oxygens (including phenoxy) is 1. The molecule has 8 rings (SSSR count). The molecule has 2 N–H and O–H groups in total. The topological polar surface area (TPSA) is 106 Å². The van der Waals surface area contributed by atoms with E-state index in [9.17, 15) is 19.4 Å². The summed E-state index contributed by atoms with van der Waals surface area (Å²) in [7, 11) is 0. The predicted octanol–water partition coefficient (Wildman–Crippen LogP) is 8.05. The number of aliphatic hydroxyl groups excluding tert-OH is 1. The number of rotatable bonds is 8. The van der Waals surface area contributed by atoms with Gasteiger partial charge in [-0.05, 0) is 61.9 Å². The van der Waals surface area contributed by atoms with Gasteiger partial charge in [0.15, 0.2) is 5.82 Å². The summed E-state index contributed by atoms with van der Waals surface area (Å²) in [5.41, 5.74) is 2.80. The minimum Gasteiger partial charge on any atom is -0.493 e. The first-order chi connectivity index (χ1) is 19.2. The maximum Gasteiger partial charge on any atom is 0.335 e. The maximum atomic E-state index is 14.5. The highest BCUT2D eigenvalue weighted by molar-refractivity contribution is 7.18. The van der Waals surface area contributed by atoms with Crippen molar-refractivity contribution in [1.29, 1.82) is 0 Å². The normalized spacial score (nSPS) is 18.6. The number of aliphatic hydroxyl groups is 1. The Balaban J connectivity index is 1.11. The molecule has 0 aliphatic heterocycles. The van der Waals surface area contributed by atoms with Crippen LogP contribution in [0.1, 0.15) is 77.2 Å². The molecule has 4 aliphatic rings. The predicted molar refractivity (Wildman–Crippen MR) is 148 cm³/mol. The Kier molecular flexibility index (Phi) is 6.19. The van der Waals surface area contributed by atoms with Gasteiger partial charge in [-0.1, -0.05) is 34.4 Å². The number of fused-ring (bicyclic) bond motifs is 3. The average Bonchev–Trinajstić information content (AvgIpc) is 3.52. The summed E-state index contributed by atoms with van der Waals surface area (Å²) in [4.78, 5) is 15.7. The molecule has 1 unspecified atom stereocenters. The lowest BCUT2D eigenvalue weighted by Gasteiger charge is -2.51. The molecule has 0 saturated heterocycles. The zero-order chi connectivity index (χ0) is 27.8. The minimum atomic E-state index is -1.21. The number of halogens is 3. The van der Waals surface area contributed by atoms with Gasteiger partial charge in [-0.2, -0.15) is 0 Å². The monoisotopic (exact) mass is 600 g/mol. The van der Waals surface area contributed by atoms with E-state index >= 15 is 0 Å². The molecule has 1 atom stereocenters. The van der Waals surface area contributed by atoms with Gasteiger partial charge in [0.25, 0.3) is 0 Å². The van der Waals surface area contributed by atoms with E-state index in [0.717, 1.165) is 52.9 Å². The van der Waals surface area contributed by atoms with E-state index in [1.54, 1.807) is 18.2 Å². The highest BCUT2D eigenvalue weighted by atomic mass is 35.5. The summed E-state index contributed by atoms with van der Waals surface area (Å²) in [6, 6.07) is 7.69. The van der Waals surface area contributed by atoms with Crippen molar-refractivity contribution < 1.29 is 28.7 Å². The van der Waals surface area contributed by atoms with E-state index < -0.39 is 23.3 Å². The fourth-order valence-corrected chi connectivity index (χ4v) is 7.66. The Morgan fingerprint density at radius 2 is 2.00 bits per heavy atom. The number of thiazole rings is 1. The summed E-state index contributed by atoms with van der Waals surface area (Å²) in [6.07, 6.45) is 3.86. The Morgan fingerprint density at radius 1 is 1.25 bits per heavy atom. The van der Waals surface area contributed by atoms with Gasteiger partial charge in [-0.15, -0.1) is 11.3 Å². The van der Waals surface area contributed by atoms with Gasteiger partial charge in [0.05, 0.1) is 31.6 Å². The summed E-state index contributed by atoms with van der Waals surface area (Å²) in [5.74, 6) is 0.143. The lowest BCUT2D eigenvalue weighted by atomic mass is 9.56. The van der Waals surface area contributed by atoms with Crippen molar-refractivity contribution in [3.05, 3.63) is 79.4 Å². The van der Waals surface area contributed by atoms with Gasteiger partial charge in [-0.3, -0.25) is 0 Å². The van der Waals surface area contributed by atoms with Crippen molar-refractivity contribution in [2.75, 3.05) is 0 Å². The number of carboxylic acid groups (broad SMARTS) is 1. The number of hydrogen-bond donors (Lipinski definition) is 2. The standard InChI is InChI=1S/C29H23Cl2FN2O5S/c30-17-2-1-3-18(31)22(17)23-16(25(39-34-23)13-4-5-13)12-38-20-6-7-29(10-15(20)11-29)26(35)27-33-24-19(32)8-14(28(36)37)9-21(24)40-27/h1-3,8-9,13,26,35H,4-7,10-12H2,(H,36,37). The highest BCUT2D eigenvalue weighted by Crippen LogP contribution is 2.61. The van der Waals surface area contributed by atoms with Crippen LogP contribution in [0.4, 0.5) is 4.39 Å². The fourth-order valence-electron chi connectivity index (χ4n) is 5.93. The third-order valence-corrected chi connectivity index (χ3v) is 9.94. The number of carboxylic acids is 1. The lowest BCUT2D eigenvalue weighted by Crippen LogP contribution is -2.41. The largest absolute Gasteiger partial charge is 0.493 e. The molecule has 2 aromatic heterocycles. The van der Waals surface area contributed by atoms with Crippen molar-refractivity contribution in [3.8, 4) is 11.3 Å². The first-order valence-corrected chi connectivity index (χ1v) is 14.6. The number of aromatic carboxylic acids is 1. The Bertz CT molecular complexity index is 1700. The van der Waals surface area contributed by atoms with Crippen LogP contribution in [0.25, 0.3) is 21.5 Å². The minimum absolute atomic E-state index is 0.0880. The van der Waals surface area contributed by atoms with Crippen LogP contribution in [0.5, 0.6) is 0 Å². The Hall–Kier alpha value is -2.98. The molecule has 0 spiro atoms. The van der Waals surface area contributed by atoms with E-state index in [-0.39, 0.29) is 17.7 Å². The molecule has 2 heterocycles. The van der Waals surface area contributed by atoms with Crippen molar-refractivity contribution in [2.45, 2.75) is 57.2 Å². The molecule has 40 heavy (non-hydrogen) atoms. The van der Waals surface area contributed by atoms with Crippen molar-refractivity contribution >= 4 is 50.7 Å². The summed E-state index contributed by atoms with van der Waals surface area (Å²) in [6.45, 7) is 0.281. The summed E-state index contributed by atoms with van der Waals surface area (Å²) >= 11 is 14.1. The smallest absolute Gasteiger partial charge is 0.335 e. The summed E-state index contributed by atoms with van der Waals surface area (Å²) in [5, 5.41) is 26.3. The van der Waals surface area contributed by atoms with Gasteiger partial charge in [-0.25, -0.2) is 14.2 Å². The molecule has 2 saturated carbocycles. The van der Waals surface area contributed by atoms with E-state index in [2.05, 4.69) is 10.1 Å².